The molecule has 2 N–H and O–H groups in total. The highest BCUT2D eigenvalue weighted by Gasteiger charge is 2.29. The molecular weight excluding hydrogens is 228 g/mol. The van der Waals surface area contributed by atoms with Crippen molar-refractivity contribution in [2.24, 2.45) is 5.41 Å². The first kappa shape index (κ1) is 15.5. The minimum atomic E-state index is -0.418. The first-order chi connectivity index (χ1) is 6.81. The second-order valence-electron chi connectivity index (χ2n) is 5.59. The van der Waals surface area contributed by atoms with Gasteiger partial charge in [-0.2, -0.15) is 0 Å². The molecule has 1 heterocycles. The van der Waals surface area contributed by atoms with Crippen LogP contribution in [-0.2, 0) is 4.74 Å². The average Bonchev–Trinajstić information content (AvgIpc) is 2.47. The lowest BCUT2D eigenvalue weighted by molar-refractivity contribution is 0.0507. The SMILES string of the molecule is CC1(CNC(=O)OC(C)(C)C)CCNC1.Cl. The Morgan fingerprint density at radius 2 is 2.12 bits per heavy atom. The maximum atomic E-state index is 11.4. The van der Waals surface area contributed by atoms with Crippen molar-refractivity contribution in [1.29, 1.82) is 0 Å². The van der Waals surface area contributed by atoms with Crippen molar-refractivity contribution in [1.82, 2.24) is 10.6 Å². The molecule has 0 aliphatic carbocycles. The van der Waals surface area contributed by atoms with Gasteiger partial charge in [-0.3, -0.25) is 0 Å². The molecule has 1 aliphatic heterocycles. The number of amides is 1. The Morgan fingerprint density at radius 3 is 2.56 bits per heavy atom. The fourth-order valence-electron chi connectivity index (χ4n) is 1.62. The van der Waals surface area contributed by atoms with Gasteiger partial charge in [0.15, 0.2) is 0 Å². The van der Waals surface area contributed by atoms with E-state index in [9.17, 15) is 4.79 Å². The quantitative estimate of drug-likeness (QED) is 0.788. The number of alkyl carbamates (subject to hydrolysis) is 1. The normalized spacial score (nSPS) is 24.8. The molecule has 0 aromatic rings. The lowest BCUT2D eigenvalue weighted by atomic mass is 9.90. The second-order valence-corrected chi connectivity index (χ2v) is 5.59. The molecule has 16 heavy (non-hydrogen) atoms. The molecule has 0 aromatic heterocycles. The summed E-state index contributed by atoms with van der Waals surface area (Å²) in [6.45, 7) is 10.4. The Balaban J connectivity index is 0.00000225. The predicted molar refractivity (Wildman–Crippen MR) is 67.1 cm³/mol. The summed E-state index contributed by atoms with van der Waals surface area (Å²) in [5.41, 5.74) is -0.240. The molecular formula is C11H23ClN2O2. The summed E-state index contributed by atoms with van der Waals surface area (Å²) in [6.07, 6.45) is 0.777. The van der Waals surface area contributed by atoms with Gasteiger partial charge >= 0.3 is 6.09 Å². The summed E-state index contributed by atoms with van der Waals surface area (Å²) in [5, 5.41) is 6.11. The van der Waals surface area contributed by atoms with E-state index in [0.717, 1.165) is 19.5 Å². The van der Waals surface area contributed by atoms with E-state index in [1.54, 1.807) is 0 Å². The highest BCUT2D eigenvalue weighted by molar-refractivity contribution is 5.85. The molecule has 1 amide bonds. The van der Waals surface area contributed by atoms with E-state index >= 15 is 0 Å². The number of halogens is 1. The van der Waals surface area contributed by atoms with Gasteiger partial charge in [-0.25, -0.2) is 4.79 Å². The van der Waals surface area contributed by atoms with Crippen LogP contribution in [0.3, 0.4) is 0 Å². The topological polar surface area (TPSA) is 50.4 Å². The van der Waals surface area contributed by atoms with E-state index in [1.165, 1.54) is 0 Å². The van der Waals surface area contributed by atoms with Crippen molar-refractivity contribution in [3.8, 4) is 0 Å². The van der Waals surface area contributed by atoms with Crippen LogP contribution in [0.2, 0.25) is 0 Å². The number of carbonyl (C=O) groups excluding carboxylic acids is 1. The third-order valence-corrected chi connectivity index (χ3v) is 2.52. The van der Waals surface area contributed by atoms with E-state index < -0.39 is 5.60 Å². The van der Waals surface area contributed by atoms with Crippen LogP contribution >= 0.6 is 12.4 Å². The standard InChI is InChI=1S/C11H22N2O2.ClH/c1-10(2,3)15-9(14)13-8-11(4)5-6-12-7-11;/h12H,5-8H2,1-4H3,(H,13,14);1H. The van der Waals surface area contributed by atoms with Crippen molar-refractivity contribution in [3.05, 3.63) is 0 Å². The van der Waals surface area contributed by atoms with E-state index in [1.807, 2.05) is 20.8 Å². The predicted octanol–water partition coefficient (Wildman–Crippen LogP) is 1.93. The maximum absolute atomic E-state index is 11.4. The fourth-order valence-corrected chi connectivity index (χ4v) is 1.62. The lowest BCUT2D eigenvalue weighted by Gasteiger charge is -2.25. The zero-order chi connectivity index (χ0) is 11.5. The van der Waals surface area contributed by atoms with Gasteiger partial charge in [0.2, 0.25) is 0 Å². The molecule has 1 aliphatic rings. The highest BCUT2D eigenvalue weighted by Crippen LogP contribution is 2.23. The molecule has 0 spiro atoms. The lowest BCUT2D eigenvalue weighted by Crippen LogP contribution is -2.39. The molecule has 1 rings (SSSR count). The number of nitrogens with one attached hydrogen (secondary N) is 2. The molecule has 0 aromatic carbocycles. The third-order valence-electron chi connectivity index (χ3n) is 2.52. The number of hydrogen-bond acceptors (Lipinski definition) is 3. The third kappa shape index (κ3) is 5.56. The minimum absolute atomic E-state index is 0. The first-order valence-electron chi connectivity index (χ1n) is 5.48. The van der Waals surface area contributed by atoms with E-state index in [0.29, 0.717) is 6.54 Å². The molecule has 0 bridgehead atoms. The van der Waals surface area contributed by atoms with Crippen molar-refractivity contribution >= 4 is 18.5 Å². The van der Waals surface area contributed by atoms with Gasteiger partial charge < -0.3 is 15.4 Å². The van der Waals surface area contributed by atoms with Gasteiger partial charge in [0.25, 0.3) is 0 Å². The van der Waals surface area contributed by atoms with Crippen LogP contribution in [0.5, 0.6) is 0 Å². The molecule has 0 saturated carbocycles. The van der Waals surface area contributed by atoms with E-state index in [-0.39, 0.29) is 23.9 Å². The summed E-state index contributed by atoms with van der Waals surface area (Å²) in [7, 11) is 0. The molecule has 96 valence electrons. The average molecular weight is 251 g/mol. The van der Waals surface area contributed by atoms with Crippen molar-refractivity contribution in [2.75, 3.05) is 19.6 Å². The van der Waals surface area contributed by atoms with Gasteiger partial charge in [-0.1, -0.05) is 6.92 Å². The van der Waals surface area contributed by atoms with E-state index in [4.69, 9.17) is 4.74 Å². The van der Waals surface area contributed by atoms with Gasteiger partial charge in [0.1, 0.15) is 5.60 Å². The Kier molecular flexibility index (Phi) is 5.56. The monoisotopic (exact) mass is 250 g/mol. The van der Waals surface area contributed by atoms with Crippen LogP contribution in [0.4, 0.5) is 4.79 Å². The molecule has 1 atom stereocenters. The van der Waals surface area contributed by atoms with Crippen LogP contribution in [0.15, 0.2) is 0 Å². The maximum Gasteiger partial charge on any atom is 0.407 e. The number of rotatable bonds is 2. The van der Waals surface area contributed by atoms with Crippen molar-refractivity contribution in [2.45, 2.75) is 39.7 Å². The molecule has 1 fully saturated rings. The van der Waals surface area contributed by atoms with Crippen molar-refractivity contribution in [3.63, 3.8) is 0 Å². The summed E-state index contributed by atoms with van der Waals surface area (Å²) < 4.78 is 5.17. The molecule has 5 heteroatoms. The van der Waals surface area contributed by atoms with E-state index in [2.05, 4.69) is 17.6 Å². The molecule has 4 nitrogen and oxygen atoms in total. The van der Waals surface area contributed by atoms with Gasteiger partial charge in [-0.15, -0.1) is 12.4 Å². The van der Waals surface area contributed by atoms with Crippen LogP contribution in [0.25, 0.3) is 0 Å². The number of carbonyl (C=O) groups is 1. The molecule has 1 unspecified atom stereocenters. The fraction of sp³-hybridized carbons (Fsp3) is 0.909. The summed E-state index contributed by atoms with van der Waals surface area (Å²) in [5.74, 6) is 0. The van der Waals surface area contributed by atoms with Crippen LogP contribution in [-0.4, -0.2) is 31.3 Å². The Morgan fingerprint density at radius 1 is 1.50 bits per heavy atom. The van der Waals surface area contributed by atoms with Gasteiger partial charge in [-0.05, 0) is 39.2 Å². The van der Waals surface area contributed by atoms with Crippen LogP contribution in [0.1, 0.15) is 34.1 Å². The second kappa shape index (κ2) is 5.73. The zero-order valence-electron chi connectivity index (χ0n) is 10.6. The largest absolute Gasteiger partial charge is 0.444 e. The number of ether oxygens (including phenoxy) is 1. The first-order valence-corrected chi connectivity index (χ1v) is 5.48. The van der Waals surface area contributed by atoms with Gasteiger partial charge in [0.05, 0.1) is 0 Å². The Bertz CT molecular complexity index is 233. The summed E-state index contributed by atoms with van der Waals surface area (Å²) in [4.78, 5) is 11.4. The minimum Gasteiger partial charge on any atom is -0.444 e. The Hall–Kier alpha value is -0.480. The smallest absolute Gasteiger partial charge is 0.407 e. The molecule has 0 radical (unpaired) electrons. The summed E-state index contributed by atoms with van der Waals surface area (Å²) in [6, 6.07) is 0. The number of hydrogen-bond donors (Lipinski definition) is 2. The van der Waals surface area contributed by atoms with Crippen molar-refractivity contribution < 1.29 is 9.53 Å². The van der Waals surface area contributed by atoms with Crippen LogP contribution in [0, 0.1) is 5.41 Å². The van der Waals surface area contributed by atoms with Crippen LogP contribution < -0.4 is 10.6 Å². The molecule has 1 saturated heterocycles. The van der Waals surface area contributed by atoms with Gasteiger partial charge in [0, 0.05) is 13.1 Å². The Labute approximate surface area is 104 Å². The highest BCUT2D eigenvalue weighted by atomic mass is 35.5. The zero-order valence-corrected chi connectivity index (χ0v) is 11.4. The summed E-state index contributed by atoms with van der Waals surface area (Å²) >= 11 is 0.